The van der Waals surface area contributed by atoms with E-state index in [1.807, 2.05) is 19.2 Å². The number of aryl methyl sites for hydroxylation is 3. The van der Waals surface area contributed by atoms with Crippen LogP contribution in [-0.4, -0.2) is 9.38 Å². The van der Waals surface area contributed by atoms with Gasteiger partial charge in [-0.2, -0.15) is 0 Å². The van der Waals surface area contributed by atoms with Gasteiger partial charge in [-0.1, -0.05) is 18.2 Å². The Balaban J connectivity index is 1.94. The Hall–Kier alpha value is -2.29. The number of rotatable bonds is 3. The molecule has 0 saturated heterocycles. The van der Waals surface area contributed by atoms with Crippen molar-refractivity contribution in [1.82, 2.24) is 9.38 Å². The first kappa shape index (κ1) is 13.7. The summed E-state index contributed by atoms with van der Waals surface area (Å²) in [6, 6.07) is 10.5. The third-order valence-electron chi connectivity index (χ3n) is 4.09. The topological polar surface area (TPSA) is 29.3 Å². The lowest BCUT2D eigenvalue weighted by Crippen LogP contribution is -2.05. The molecule has 0 amide bonds. The van der Waals surface area contributed by atoms with Gasteiger partial charge in [-0.25, -0.2) is 4.98 Å². The van der Waals surface area contributed by atoms with Crippen LogP contribution in [0.2, 0.25) is 0 Å². The Morgan fingerprint density at radius 1 is 1.10 bits per heavy atom. The van der Waals surface area contributed by atoms with Gasteiger partial charge in [-0.05, 0) is 56.5 Å². The summed E-state index contributed by atoms with van der Waals surface area (Å²) in [5.74, 6) is 0. The quantitative estimate of drug-likeness (QED) is 0.783. The van der Waals surface area contributed by atoms with Gasteiger partial charge in [0.2, 0.25) is 0 Å². The van der Waals surface area contributed by atoms with Crippen molar-refractivity contribution < 1.29 is 0 Å². The highest BCUT2D eigenvalue weighted by Gasteiger charge is 2.09. The Kier molecular flexibility index (Phi) is 3.42. The molecule has 0 spiro atoms. The molecule has 2 aromatic heterocycles. The van der Waals surface area contributed by atoms with Gasteiger partial charge in [-0.3, -0.25) is 0 Å². The molecule has 0 saturated carbocycles. The molecule has 1 N–H and O–H groups in total. The third-order valence-corrected chi connectivity index (χ3v) is 4.09. The zero-order valence-electron chi connectivity index (χ0n) is 12.8. The van der Waals surface area contributed by atoms with Crippen molar-refractivity contribution >= 4 is 11.3 Å². The summed E-state index contributed by atoms with van der Waals surface area (Å²) in [6.45, 7) is 11.1. The van der Waals surface area contributed by atoms with Gasteiger partial charge in [0.05, 0.1) is 11.4 Å². The van der Waals surface area contributed by atoms with Gasteiger partial charge in [0.25, 0.3) is 0 Å². The van der Waals surface area contributed by atoms with E-state index in [-0.39, 0.29) is 0 Å². The van der Waals surface area contributed by atoms with Crippen molar-refractivity contribution in [3.63, 3.8) is 0 Å². The van der Waals surface area contributed by atoms with Crippen LogP contribution in [0.25, 0.3) is 5.65 Å². The average molecular weight is 278 g/mol. The normalized spacial score (nSPS) is 11.0. The second-order valence-electron chi connectivity index (χ2n) is 5.48. The zero-order valence-corrected chi connectivity index (χ0v) is 12.8. The zero-order chi connectivity index (χ0) is 15.0. The minimum atomic E-state index is 0.802. The fourth-order valence-electron chi connectivity index (χ4n) is 2.68. The summed E-state index contributed by atoms with van der Waals surface area (Å²) in [5.41, 5.74) is 7.86. The Morgan fingerprint density at radius 3 is 2.52 bits per heavy atom. The van der Waals surface area contributed by atoms with E-state index in [2.05, 4.69) is 59.7 Å². The number of hydrogen-bond acceptors (Lipinski definition) is 2. The van der Waals surface area contributed by atoms with E-state index < -0.39 is 0 Å². The molecule has 21 heavy (non-hydrogen) atoms. The molecular weight excluding hydrogens is 258 g/mol. The van der Waals surface area contributed by atoms with Crippen LogP contribution in [0.5, 0.6) is 0 Å². The van der Waals surface area contributed by atoms with Crippen molar-refractivity contribution in [1.29, 1.82) is 0 Å². The number of pyridine rings is 1. The molecule has 0 atom stereocenters. The first-order valence-corrected chi connectivity index (χ1v) is 7.16. The number of fused-ring (bicyclic) bond motifs is 1. The van der Waals surface area contributed by atoms with E-state index in [1.165, 1.54) is 16.7 Å². The van der Waals surface area contributed by atoms with Crippen LogP contribution in [0.3, 0.4) is 0 Å². The SMILES string of the molecule is [CH2]c1nc2c(NCc3c(C)cccc3C)cccn2c1C. The molecule has 3 rings (SSSR count). The van der Waals surface area contributed by atoms with Gasteiger partial charge in [-0.15, -0.1) is 0 Å². The molecule has 1 aromatic carbocycles. The predicted octanol–water partition coefficient (Wildman–Crippen LogP) is 4.05. The molecule has 0 aliphatic carbocycles. The number of benzene rings is 1. The maximum atomic E-state index is 4.56. The molecule has 0 aliphatic heterocycles. The molecule has 3 aromatic rings. The maximum Gasteiger partial charge on any atom is 0.160 e. The highest BCUT2D eigenvalue weighted by Crippen LogP contribution is 2.21. The third kappa shape index (κ3) is 2.40. The van der Waals surface area contributed by atoms with Crippen molar-refractivity contribution in [2.45, 2.75) is 27.3 Å². The van der Waals surface area contributed by atoms with Crippen molar-refractivity contribution in [2.75, 3.05) is 5.32 Å². The van der Waals surface area contributed by atoms with Crippen LogP contribution in [0.1, 0.15) is 28.1 Å². The summed E-state index contributed by atoms with van der Waals surface area (Å²) >= 11 is 0. The first-order valence-electron chi connectivity index (χ1n) is 7.16. The Morgan fingerprint density at radius 2 is 1.81 bits per heavy atom. The fourth-order valence-corrected chi connectivity index (χ4v) is 2.68. The number of hydrogen-bond donors (Lipinski definition) is 1. The molecule has 107 valence electrons. The highest BCUT2D eigenvalue weighted by molar-refractivity contribution is 5.69. The number of nitrogens with one attached hydrogen (secondary N) is 1. The second-order valence-corrected chi connectivity index (χ2v) is 5.48. The van der Waals surface area contributed by atoms with Gasteiger partial charge < -0.3 is 9.72 Å². The number of aromatic nitrogens is 2. The monoisotopic (exact) mass is 278 g/mol. The molecule has 3 nitrogen and oxygen atoms in total. The Labute approximate surface area is 125 Å². The number of anilines is 1. The van der Waals surface area contributed by atoms with Crippen LogP contribution in [0.4, 0.5) is 5.69 Å². The molecule has 3 heteroatoms. The van der Waals surface area contributed by atoms with Gasteiger partial charge in [0.15, 0.2) is 5.65 Å². The molecule has 0 bridgehead atoms. The molecule has 0 aliphatic rings. The smallest absolute Gasteiger partial charge is 0.160 e. The molecule has 1 radical (unpaired) electrons. The lowest BCUT2D eigenvalue weighted by atomic mass is 10.0. The molecule has 0 fully saturated rings. The fraction of sp³-hybridized carbons (Fsp3) is 0.222. The van der Waals surface area contributed by atoms with E-state index >= 15 is 0 Å². The first-order chi connectivity index (χ1) is 10.1. The van der Waals surface area contributed by atoms with Gasteiger partial charge in [0.1, 0.15) is 0 Å². The predicted molar refractivity (Wildman–Crippen MR) is 87.6 cm³/mol. The Bertz CT molecular complexity index is 779. The minimum Gasteiger partial charge on any atom is -0.378 e. The lowest BCUT2D eigenvalue weighted by Gasteiger charge is -2.12. The molecular formula is C18H20N3. The summed E-state index contributed by atoms with van der Waals surface area (Å²) in [7, 11) is 0. The number of nitrogens with zero attached hydrogens (tertiary/aromatic N) is 2. The van der Waals surface area contributed by atoms with E-state index in [0.29, 0.717) is 0 Å². The minimum absolute atomic E-state index is 0.802. The van der Waals surface area contributed by atoms with Crippen LogP contribution in [0, 0.1) is 27.7 Å². The lowest BCUT2D eigenvalue weighted by molar-refractivity contribution is 1.07. The van der Waals surface area contributed by atoms with Gasteiger partial charge >= 0.3 is 0 Å². The molecule has 2 heterocycles. The largest absolute Gasteiger partial charge is 0.378 e. The van der Waals surface area contributed by atoms with Crippen LogP contribution in [0.15, 0.2) is 36.5 Å². The summed E-state index contributed by atoms with van der Waals surface area (Å²) in [5, 5.41) is 3.52. The summed E-state index contributed by atoms with van der Waals surface area (Å²) < 4.78 is 2.08. The van der Waals surface area contributed by atoms with Crippen molar-refractivity contribution in [2.24, 2.45) is 0 Å². The average Bonchev–Trinajstić information content (AvgIpc) is 2.75. The van der Waals surface area contributed by atoms with E-state index in [9.17, 15) is 0 Å². The summed E-state index contributed by atoms with van der Waals surface area (Å²) in [4.78, 5) is 4.56. The maximum absolute atomic E-state index is 4.56. The van der Waals surface area contributed by atoms with Crippen molar-refractivity contribution in [3.8, 4) is 0 Å². The van der Waals surface area contributed by atoms with E-state index in [4.69, 9.17) is 0 Å². The summed E-state index contributed by atoms with van der Waals surface area (Å²) in [6.07, 6.45) is 2.02. The van der Waals surface area contributed by atoms with E-state index in [0.717, 1.165) is 29.3 Å². The number of imidazole rings is 1. The van der Waals surface area contributed by atoms with Gasteiger partial charge in [0, 0.05) is 18.4 Å². The standard InChI is InChI=1S/C18H20N3/c1-12-7-5-8-13(2)16(12)11-19-17-9-6-10-21-15(4)14(3)20-18(17)21/h5-10,19H,3,11H2,1-2,4H3. The van der Waals surface area contributed by atoms with Crippen LogP contribution >= 0.6 is 0 Å². The molecule has 0 unspecified atom stereocenters. The van der Waals surface area contributed by atoms with Crippen LogP contribution < -0.4 is 5.32 Å². The highest BCUT2D eigenvalue weighted by atomic mass is 15.0. The van der Waals surface area contributed by atoms with Crippen molar-refractivity contribution in [3.05, 3.63) is 71.5 Å². The van der Waals surface area contributed by atoms with E-state index in [1.54, 1.807) is 0 Å². The van der Waals surface area contributed by atoms with Crippen LogP contribution in [-0.2, 0) is 6.54 Å². The second kappa shape index (κ2) is 5.24.